The molecule has 5 nitrogen and oxygen atoms in total. The molecule has 1 saturated heterocycles. The number of halogens is 1. The Morgan fingerprint density at radius 1 is 1.61 bits per heavy atom. The van der Waals surface area contributed by atoms with Crippen molar-refractivity contribution in [2.75, 3.05) is 31.4 Å². The molecule has 18 heavy (non-hydrogen) atoms. The molecule has 98 valence electrons. The molecule has 1 heterocycles. The predicted molar refractivity (Wildman–Crippen MR) is 72.7 cm³/mol. The van der Waals surface area contributed by atoms with Crippen molar-refractivity contribution in [2.24, 2.45) is 0 Å². The van der Waals surface area contributed by atoms with E-state index >= 15 is 0 Å². The number of nitrogen functional groups attached to an aromatic ring is 1. The topological polar surface area (TPSA) is 73.6 Å². The van der Waals surface area contributed by atoms with E-state index < -0.39 is 5.97 Å². The molecule has 0 unspecified atom stereocenters. The number of hydrogen-bond donors (Lipinski definition) is 2. The molecule has 0 bridgehead atoms. The van der Waals surface area contributed by atoms with Crippen LogP contribution in [0.15, 0.2) is 16.6 Å². The lowest BCUT2D eigenvalue weighted by Gasteiger charge is -2.15. The maximum Gasteiger partial charge on any atom is 0.340 e. The van der Waals surface area contributed by atoms with E-state index in [9.17, 15) is 4.79 Å². The van der Waals surface area contributed by atoms with Crippen molar-refractivity contribution in [3.63, 3.8) is 0 Å². The van der Waals surface area contributed by atoms with Crippen LogP contribution in [0, 0.1) is 0 Å². The first-order chi connectivity index (χ1) is 8.61. The summed E-state index contributed by atoms with van der Waals surface area (Å²) in [5.74, 6) is -0.439. The second-order valence-corrected chi connectivity index (χ2v) is 4.97. The molecule has 6 heteroatoms. The fraction of sp³-hybridized carbons (Fsp3) is 0.417. The van der Waals surface area contributed by atoms with Gasteiger partial charge in [0, 0.05) is 22.5 Å². The van der Waals surface area contributed by atoms with Crippen molar-refractivity contribution < 1.29 is 14.3 Å². The van der Waals surface area contributed by atoms with Gasteiger partial charge < -0.3 is 20.5 Å². The van der Waals surface area contributed by atoms with Crippen LogP contribution in [0.3, 0.4) is 0 Å². The van der Waals surface area contributed by atoms with Gasteiger partial charge in [0.2, 0.25) is 0 Å². The summed E-state index contributed by atoms with van der Waals surface area (Å²) in [6.07, 6.45) is 0.949. The number of ether oxygens (including phenoxy) is 2. The summed E-state index contributed by atoms with van der Waals surface area (Å²) in [5, 5.41) is 3.32. The Balaban J connectivity index is 2.25. The largest absolute Gasteiger partial charge is 0.465 e. The number of nitrogens with one attached hydrogen (secondary N) is 1. The van der Waals surface area contributed by atoms with Gasteiger partial charge in [0.1, 0.15) is 0 Å². The molecular formula is C12H15BrN2O3. The molecular weight excluding hydrogens is 300 g/mol. The maximum atomic E-state index is 11.6. The van der Waals surface area contributed by atoms with E-state index in [0.717, 1.165) is 23.2 Å². The number of hydrogen-bond acceptors (Lipinski definition) is 5. The Bertz CT molecular complexity index is 459. The van der Waals surface area contributed by atoms with E-state index in [4.69, 9.17) is 15.2 Å². The van der Waals surface area contributed by atoms with Crippen LogP contribution in [0.2, 0.25) is 0 Å². The minimum Gasteiger partial charge on any atom is -0.465 e. The highest BCUT2D eigenvalue weighted by molar-refractivity contribution is 9.10. The molecule has 0 amide bonds. The predicted octanol–water partition coefficient (Wildman–Crippen LogP) is 2.02. The summed E-state index contributed by atoms with van der Waals surface area (Å²) < 4.78 is 10.8. The third kappa shape index (κ3) is 2.76. The molecule has 1 aromatic carbocycles. The zero-order chi connectivity index (χ0) is 13.1. The lowest BCUT2D eigenvalue weighted by Crippen LogP contribution is -2.19. The van der Waals surface area contributed by atoms with E-state index in [-0.39, 0.29) is 6.04 Å². The molecule has 2 rings (SSSR count). The number of rotatable bonds is 3. The normalized spacial score (nSPS) is 18.7. The molecule has 1 aromatic rings. The highest BCUT2D eigenvalue weighted by Crippen LogP contribution is 2.30. The number of carbonyl (C=O) groups excluding carboxylic acids is 1. The van der Waals surface area contributed by atoms with Crippen molar-refractivity contribution in [3.8, 4) is 0 Å². The molecule has 1 fully saturated rings. The number of benzene rings is 1. The SMILES string of the molecule is COC(=O)c1cc(N[C@H]2CCOC2)c(Br)cc1N. The van der Waals surface area contributed by atoms with Crippen LogP contribution < -0.4 is 11.1 Å². The van der Waals surface area contributed by atoms with Crippen molar-refractivity contribution in [1.29, 1.82) is 0 Å². The molecule has 1 aliphatic heterocycles. The van der Waals surface area contributed by atoms with Crippen LogP contribution in [0.25, 0.3) is 0 Å². The second-order valence-electron chi connectivity index (χ2n) is 4.12. The quantitative estimate of drug-likeness (QED) is 0.659. The zero-order valence-corrected chi connectivity index (χ0v) is 11.6. The Kier molecular flexibility index (Phi) is 4.08. The molecule has 0 radical (unpaired) electrons. The molecule has 0 aromatic heterocycles. The van der Waals surface area contributed by atoms with E-state index in [0.29, 0.717) is 17.9 Å². The number of esters is 1. The highest BCUT2D eigenvalue weighted by Gasteiger charge is 2.18. The lowest BCUT2D eigenvalue weighted by atomic mass is 10.1. The van der Waals surface area contributed by atoms with Gasteiger partial charge in [-0.05, 0) is 34.5 Å². The number of carbonyl (C=O) groups is 1. The zero-order valence-electron chi connectivity index (χ0n) is 10.0. The monoisotopic (exact) mass is 314 g/mol. The summed E-state index contributed by atoms with van der Waals surface area (Å²) in [5.41, 5.74) is 7.36. The van der Waals surface area contributed by atoms with E-state index in [1.165, 1.54) is 7.11 Å². The van der Waals surface area contributed by atoms with Gasteiger partial charge in [-0.15, -0.1) is 0 Å². The number of methoxy groups -OCH3 is 1. The molecule has 1 aliphatic rings. The van der Waals surface area contributed by atoms with E-state index in [1.54, 1.807) is 12.1 Å². The third-order valence-electron chi connectivity index (χ3n) is 2.83. The van der Waals surface area contributed by atoms with Gasteiger partial charge in [-0.1, -0.05) is 0 Å². The molecule has 0 spiro atoms. The minimum absolute atomic E-state index is 0.260. The number of nitrogens with two attached hydrogens (primary N) is 1. The van der Waals surface area contributed by atoms with Gasteiger partial charge in [-0.3, -0.25) is 0 Å². The van der Waals surface area contributed by atoms with Crippen LogP contribution >= 0.6 is 15.9 Å². The van der Waals surface area contributed by atoms with Gasteiger partial charge in [-0.2, -0.15) is 0 Å². The van der Waals surface area contributed by atoms with Crippen LogP contribution in [-0.2, 0) is 9.47 Å². The second kappa shape index (κ2) is 5.58. The van der Waals surface area contributed by atoms with E-state index in [2.05, 4.69) is 21.2 Å². The smallest absolute Gasteiger partial charge is 0.340 e. The van der Waals surface area contributed by atoms with Crippen LogP contribution in [-0.4, -0.2) is 32.3 Å². The minimum atomic E-state index is -0.439. The maximum absolute atomic E-state index is 11.6. The lowest BCUT2D eigenvalue weighted by molar-refractivity contribution is 0.0602. The fourth-order valence-electron chi connectivity index (χ4n) is 1.85. The summed E-state index contributed by atoms with van der Waals surface area (Å²) >= 11 is 3.42. The van der Waals surface area contributed by atoms with Gasteiger partial charge >= 0.3 is 5.97 Å². The van der Waals surface area contributed by atoms with Crippen molar-refractivity contribution in [3.05, 3.63) is 22.2 Å². The Morgan fingerprint density at radius 2 is 2.39 bits per heavy atom. The summed E-state index contributed by atoms with van der Waals surface area (Å²) in [6.45, 7) is 1.43. The highest BCUT2D eigenvalue weighted by atomic mass is 79.9. The number of anilines is 2. The van der Waals surface area contributed by atoms with Crippen LogP contribution in [0.1, 0.15) is 16.8 Å². The summed E-state index contributed by atoms with van der Waals surface area (Å²) in [4.78, 5) is 11.6. The van der Waals surface area contributed by atoms with Crippen molar-refractivity contribution >= 4 is 33.3 Å². The average molecular weight is 315 g/mol. The molecule has 3 N–H and O–H groups in total. The van der Waals surface area contributed by atoms with Gasteiger partial charge in [0.25, 0.3) is 0 Å². The van der Waals surface area contributed by atoms with Gasteiger partial charge in [-0.25, -0.2) is 4.79 Å². The third-order valence-corrected chi connectivity index (χ3v) is 3.49. The first kappa shape index (κ1) is 13.2. The standard InChI is InChI=1S/C12H15BrN2O3/c1-17-12(16)8-4-11(9(13)5-10(8)14)15-7-2-3-18-6-7/h4-5,7,15H,2-3,6,14H2,1H3/t7-/m0/s1. The average Bonchev–Trinajstić information content (AvgIpc) is 2.84. The van der Waals surface area contributed by atoms with Crippen LogP contribution in [0.4, 0.5) is 11.4 Å². The van der Waals surface area contributed by atoms with E-state index in [1.807, 2.05) is 0 Å². The van der Waals surface area contributed by atoms with Crippen molar-refractivity contribution in [2.45, 2.75) is 12.5 Å². The Labute approximate surface area is 114 Å². The molecule has 0 aliphatic carbocycles. The van der Waals surface area contributed by atoms with Gasteiger partial charge in [0.15, 0.2) is 0 Å². The van der Waals surface area contributed by atoms with Gasteiger partial charge in [0.05, 0.1) is 25.3 Å². The van der Waals surface area contributed by atoms with Crippen molar-refractivity contribution in [1.82, 2.24) is 0 Å². The Morgan fingerprint density at radius 3 is 3.00 bits per heavy atom. The first-order valence-electron chi connectivity index (χ1n) is 5.63. The first-order valence-corrected chi connectivity index (χ1v) is 6.42. The molecule has 0 saturated carbocycles. The Hall–Kier alpha value is -1.27. The summed E-state index contributed by atoms with van der Waals surface area (Å²) in [7, 11) is 1.34. The molecule has 1 atom stereocenters. The van der Waals surface area contributed by atoms with Crippen LogP contribution in [0.5, 0.6) is 0 Å². The summed E-state index contributed by atoms with van der Waals surface area (Å²) in [6, 6.07) is 3.66. The fourth-order valence-corrected chi connectivity index (χ4v) is 2.33.